The first kappa shape index (κ1) is 14.2. The third kappa shape index (κ3) is 4.53. The number of carbonyl (C=O) groups excluding carboxylic acids is 1. The Kier molecular flexibility index (Phi) is 5.85. The number of hydrogen-bond donors (Lipinski definition) is 0. The standard InChI is InChI=1S/C15H19NO2/c1-12(2)14(15(17)18-3)16-11-7-10-13-8-5-4-6-9-13/h4-12,14H,1-3H3. The second-order valence-corrected chi connectivity index (χ2v) is 4.28. The summed E-state index contributed by atoms with van der Waals surface area (Å²) in [6.07, 6.45) is 5.42. The van der Waals surface area contributed by atoms with Gasteiger partial charge in [-0.25, -0.2) is 4.79 Å². The highest BCUT2D eigenvalue weighted by atomic mass is 16.5. The number of carbonyl (C=O) groups is 1. The maximum absolute atomic E-state index is 11.5. The molecule has 0 fully saturated rings. The Morgan fingerprint density at radius 2 is 1.94 bits per heavy atom. The van der Waals surface area contributed by atoms with E-state index in [9.17, 15) is 4.79 Å². The first-order valence-electron chi connectivity index (χ1n) is 5.98. The molecule has 1 atom stereocenters. The molecule has 0 bridgehead atoms. The number of aliphatic imine (C=N–C) groups is 1. The zero-order valence-corrected chi connectivity index (χ0v) is 11.0. The highest BCUT2D eigenvalue weighted by molar-refractivity contribution is 5.83. The zero-order chi connectivity index (χ0) is 13.4. The van der Waals surface area contributed by atoms with E-state index in [0.29, 0.717) is 0 Å². The highest BCUT2D eigenvalue weighted by Gasteiger charge is 2.20. The van der Waals surface area contributed by atoms with Gasteiger partial charge in [-0.1, -0.05) is 50.3 Å². The molecule has 3 nitrogen and oxygen atoms in total. The fourth-order valence-corrected chi connectivity index (χ4v) is 1.49. The molecule has 0 amide bonds. The lowest BCUT2D eigenvalue weighted by molar-refractivity contribution is -0.143. The van der Waals surface area contributed by atoms with Crippen LogP contribution in [0.15, 0.2) is 41.4 Å². The first-order chi connectivity index (χ1) is 8.65. The minimum Gasteiger partial charge on any atom is -0.467 e. The molecule has 0 aromatic heterocycles. The Bertz CT molecular complexity index is 421. The van der Waals surface area contributed by atoms with E-state index in [-0.39, 0.29) is 11.9 Å². The van der Waals surface area contributed by atoms with Crippen LogP contribution in [0.3, 0.4) is 0 Å². The Hall–Kier alpha value is -1.90. The van der Waals surface area contributed by atoms with Crippen LogP contribution in [0, 0.1) is 5.92 Å². The van der Waals surface area contributed by atoms with E-state index in [1.807, 2.05) is 56.3 Å². The Morgan fingerprint density at radius 1 is 1.28 bits per heavy atom. The van der Waals surface area contributed by atoms with Crippen molar-refractivity contribution in [2.75, 3.05) is 7.11 Å². The second-order valence-electron chi connectivity index (χ2n) is 4.28. The predicted octanol–water partition coefficient (Wildman–Crippen LogP) is 2.97. The average molecular weight is 245 g/mol. The van der Waals surface area contributed by atoms with Crippen molar-refractivity contribution in [3.63, 3.8) is 0 Å². The number of rotatable bonds is 5. The third-order valence-electron chi connectivity index (χ3n) is 2.50. The molecule has 3 heteroatoms. The number of allylic oxidation sites excluding steroid dienone is 1. The van der Waals surface area contributed by atoms with Gasteiger partial charge in [0.2, 0.25) is 0 Å². The van der Waals surface area contributed by atoms with Crippen molar-refractivity contribution in [1.29, 1.82) is 0 Å². The Morgan fingerprint density at radius 3 is 2.50 bits per heavy atom. The van der Waals surface area contributed by atoms with Crippen LogP contribution in [0.25, 0.3) is 6.08 Å². The zero-order valence-electron chi connectivity index (χ0n) is 11.0. The molecule has 0 aliphatic carbocycles. The van der Waals surface area contributed by atoms with Crippen molar-refractivity contribution < 1.29 is 9.53 Å². The Labute approximate surface area is 108 Å². The smallest absolute Gasteiger partial charge is 0.330 e. The number of benzene rings is 1. The molecule has 18 heavy (non-hydrogen) atoms. The molecule has 0 aliphatic heterocycles. The molecule has 0 heterocycles. The maximum atomic E-state index is 11.5. The fourth-order valence-electron chi connectivity index (χ4n) is 1.49. The number of methoxy groups -OCH3 is 1. The van der Waals surface area contributed by atoms with E-state index in [4.69, 9.17) is 4.74 Å². The average Bonchev–Trinajstić information content (AvgIpc) is 2.38. The molecule has 1 aromatic rings. The second kappa shape index (κ2) is 7.43. The fraction of sp³-hybridized carbons (Fsp3) is 0.333. The van der Waals surface area contributed by atoms with E-state index in [1.165, 1.54) is 7.11 Å². The highest BCUT2D eigenvalue weighted by Crippen LogP contribution is 2.07. The van der Waals surface area contributed by atoms with Crippen LogP contribution in [-0.2, 0) is 9.53 Å². The van der Waals surface area contributed by atoms with Crippen molar-refractivity contribution in [3.05, 3.63) is 42.0 Å². The summed E-state index contributed by atoms with van der Waals surface area (Å²) in [6.45, 7) is 3.89. The molecule has 0 spiro atoms. The van der Waals surface area contributed by atoms with Gasteiger partial charge >= 0.3 is 5.97 Å². The van der Waals surface area contributed by atoms with Crippen LogP contribution in [0.2, 0.25) is 0 Å². The summed E-state index contributed by atoms with van der Waals surface area (Å²) in [7, 11) is 1.38. The van der Waals surface area contributed by atoms with Crippen molar-refractivity contribution in [2.24, 2.45) is 10.9 Å². The SMILES string of the molecule is COC(=O)C(N=CC=Cc1ccccc1)C(C)C. The quantitative estimate of drug-likeness (QED) is 0.591. The van der Waals surface area contributed by atoms with Gasteiger partial charge in [0.05, 0.1) is 7.11 Å². The summed E-state index contributed by atoms with van der Waals surface area (Å²) in [5, 5.41) is 0. The number of ether oxygens (including phenoxy) is 1. The topological polar surface area (TPSA) is 38.7 Å². The lowest BCUT2D eigenvalue weighted by atomic mass is 10.1. The van der Waals surface area contributed by atoms with Gasteiger partial charge in [-0.05, 0) is 17.6 Å². The molecule has 1 aromatic carbocycles. The minimum atomic E-state index is -0.435. The van der Waals surface area contributed by atoms with E-state index in [0.717, 1.165) is 5.56 Å². The molecule has 1 unspecified atom stereocenters. The lowest BCUT2D eigenvalue weighted by Crippen LogP contribution is -2.25. The summed E-state index contributed by atoms with van der Waals surface area (Å²) in [5.74, 6) is -0.173. The minimum absolute atomic E-state index is 0.124. The molecule has 0 saturated heterocycles. The van der Waals surface area contributed by atoms with Gasteiger partial charge < -0.3 is 4.74 Å². The normalized spacial score (nSPS) is 13.3. The van der Waals surface area contributed by atoms with E-state index in [2.05, 4.69) is 4.99 Å². The molecule has 0 N–H and O–H groups in total. The van der Waals surface area contributed by atoms with E-state index in [1.54, 1.807) is 6.21 Å². The molecule has 1 rings (SSSR count). The van der Waals surface area contributed by atoms with Crippen LogP contribution in [0.4, 0.5) is 0 Å². The van der Waals surface area contributed by atoms with Crippen molar-refractivity contribution in [2.45, 2.75) is 19.9 Å². The van der Waals surface area contributed by atoms with Crippen molar-refractivity contribution in [3.8, 4) is 0 Å². The number of nitrogens with zero attached hydrogens (tertiary/aromatic N) is 1. The van der Waals surface area contributed by atoms with Gasteiger partial charge in [-0.2, -0.15) is 0 Å². The molecule has 96 valence electrons. The van der Waals surface area contributed by atoms with Crippen LogP contribution in [0.1, 0.15) is 19.4 Å². The Balaban J connectivity index is 2.62. The summed E-state index contributed by atoms with van der Waals surface area (Å²) in [4.78, 5) is 15.7. The van der Waals surface area contributed by atoms with Crippen LogP contribution in [0.5, 0.6) is 0 Å². The molecule has 0 saturated carbocycles. The van der Waals surface area contributed by atoms with Gasteiger partial charge in [-0.3, -0.25) is 4.99 Å². The predicted molar refractivity (Wildman–Crippen MR) is 74.6 cm³/mol. The van der Waals surface area contributed by atoms with Gasteiger partial charge in [-0.15, -0.1) is 0 Å². The molecular formula is C15H19NO2. The van der Waals surface area contributed by atoms with Crippen molar-refractivity contribution >= 4 is 18.3 Å². The first-order valence-corrected chi connectivity index (χ1v) is 5.98. The van der Waals surface area contributed by atoms with Gasteiger partial charge in [0.15, 0.2) is 0 Å². The number of esters is 1. The van der Waals surface area contributed by atoms with Gasteiger partial charge in [0.1, 0.15) is 6.04 Å². The van der Waals surface area contributed by atoms with E-state index >= 15 is 0 Å². The number of hydrogen-bond acceptors (Lipinski definition) is 3. The van der Waals surface area contributed by atoms with Crippen LogP contribution < -0.4 is 0 Å². The van der Waals surface area contributed by atoms with Gasteiger partial charge in [0, 0.05) is 6.21 Å². The molecular weight excluding hydrogens is 226 g/mol. The monoisotopic (exact) mass is 245 g/mol. The third-order valence-corrected chi connectivity index (χ3v) is 2.50. The van der Waals surface area contributed by atoms with Crippen molar-refractivity contribution in [1.82, 2.24) is 0 Å². The maximum Gasteiger partial charge on any atom is 0.330 e. The van der Waals surface area contributed by atoms with Crippen LogP contribution in [-0.4, -0.2) is 25.3 Å². The summed E-state index contributed by atoms with van der Waals surface area (Å²) in [6, 6.07) is 9.49. The largest absolute Gasteiger partial charge is 0.467 e. The van der Waals surface area contributed by atoms with Gasteiger partial charge in [0.25, 0.3) is 0 Å². The summed E-state index contributed by atoms with van der Waals surface area (Å²) >= 11 is 0. The summed E-state index contributed by atoms with van der Waals surface area (Å²) < 4.78 is 4.71. The molecule has 0 radical (unpaired) electrons. The lowest BCUT2D eigenvalue weighted by Gasteiger charge is -2.12. The van der Waals surface area contributed by atoms with E-state index < -0.39 is 6.04 Å². The summed E-state index contributed by atoms with van der Waals surface area (Å²) in [5.41, 5.74) is 1.10. The molecule has 0 aliphatic rings. The van der Waals surface area contributed by atoms with Crippen LogP contribution >= 0.6 is 0 Å².